The average molecular weight is 372 g/mol. The predicted octanol–water partition coefficient (Wildman–Crippen LogP) is 4.13. The van der Waals surface area contributed by atoms with Crippen LogP contribution >= 0.6 is 11.3 Å². The Bertz CT molecular complexity index is 813. The molecule has 2 N–H and O–H groups in total. The van der Waals surface area contributed by atoms with E-state index in [2.05, 4.69) is 17.5 Å². The molecule has 3 rings (SSSR count). The lowest BCUT2D eigenvalue weighted by Crippen LogP contribution is -2.16. The Hall–Kier alpha value is -2.34. The lowest BCUT2D eigenvalue weighted by atomic mass is 9.87. The summed E-state index contributed by atoms with van der Waals surface area (Å²) in [6.07, 6.45) is 5.95. The van der Waals surface area contributed by atoms with Crippen LogP contribution < -0.4 is 10.2 Å². The number of benzene rings is 1. The van der Waals surface area contributed by atoms with Crippen molar-refractivity contribution in [3.63, 3.8) is 0 Å². The van der Waals surface area contributed by atoms with Crippen molar-refractivity contribution in [2.24, 2.45) is 11.0 Å². The van der Waals surface area contributed by atoms with Gasteiger partial charge in [-0.1, -0.05) is 19.4 Å². The van der Waals surface area contributed by atoms with Gasteiger partial charge in [-0.15, -0.1) is 11.3 Å². The van der Waals surface area contributed by atoms with E-state index in [0.29, 0.717) is 22.8 Å². The Labute approximate surface area is 157 Å². The number of nitrogens with one attached hydrogen (secondary N) is 1. The SMILES string of the molecule is CCOc1cccc(/C=N/NC(=O)c2cc3c(s2)CC[C@@H](CC)C3)c1O. The average Bonchev–Trinajstić information content (AvgIpc) is 3.08. The maximum absolute atomic E-state index is 12.4. The van der Waals surface area contributed by atoms with E-state index in [4.69, 9.17) is 4.74 Å². The quantitative estimate of drug-likeness (QED) is 0.592. The number of nitrogens with zero attached hydrogens (tertiary/aromatic N) is 1. The van der Waals surface area contributed by atoms with Crippen LogP contribution in [0.3, 0.4) is 0 Å². The van der Waals surface area contributed by atoms with Gasteiger partial charge < -0.3 is 9.84 Å². The largest absolute Gasteiger partial charge is 0.504 e. The summed E-state index contributed by atoms with van der Waals surface area (Å²) in [6.45, 7) is 4.54. The van der Waals surface area contributed by atoms with E-state index in [-0.39, 0.29) is 11.7 Å². The lowest BCUT2D eigenvalue weighted by molar-refractivity contribution is 0.0959. The zero-order chi connectivity index (χ0) is 18.5. The first kappa shape index (κ1) is 18.5. The number of hydrogen-bond donors (Lipinski definition) is 2. The van der Waals surface area contributed by atoms with Crippen molar-refractivity contribution in [1.82, 2.24) is 5.43 Å². The molecule has 0 aliphatic heterocycles. The van der Waals surface area contributed by atoms with Crippen molar-refractivity contribution in [3.8, 4) is 11.5 Å². The highest BCUT2D eigenvalue weighted by Gasteiger charge is 2.21. The number of ether oxygens (including phenoxy) is 1. The Morgan fingerprint density at radius 1 is 1.46 bits per heavy atom. The van der Waals surface area contributed by atoms with E-state index in [1.54, 1.807) is 29.5 Å². The van der Waals surface area contributed by atoms with Gasteiger partial charge in [-0.3, -0.25) is 4.79 Å². The minimum atomic E-state index is -0.214. The molecule has 0 saturated carbocycles. The molecule has 1 aliphatic rings. The number of fused-ring (bicyclic) bond motifs is 1. The van der Waals surface area contributed by atoms with Crippen molar-refractivity contribution in [3.05, 3.63) is 45.1 Å². The van der Waals surface area contributed by atoms with Crippen LogP contribution in [0.2, 0.25) is 0 Å². The van der Waals surface area contributed by atoms with Gasteiger partial charge in [-0.2, -0.15) is 5.10 Å². The monoisotopic (exact) mass is 372 g/mol. The number of carbonyl (C=O) groups excluding carboxylic acids is 1. The minimum Gasteiger partial charge on any atom is -0.504 e. The van der Waals surface area contributed by atoms with Gasteiger partial charge in [0.05, 0.1) is 17.7 Å². The molecule has 2 aromatic rings. The number of amides is 1. The molecule has 0 unspecified atom stereocenters. The Morgan fingerprint density at radius 3 is 3.08 bits per heavy atom. The zero-order valence-corrected chi connectivity index (χ0v) is 15.9. The second-order valence-electron chi connectivity index (χ2n) is 6.40. The number of hydrogen-bond acceptors (Lipinski definition) is 5. The van der Waals surface area contributed by atoms with Crippen LogP contribution in [0.25, 0.3) is 0 Å². The minimum absolute atomic E-state index is 0.0181. The van der Waals surface area contributed by atoms with E-state index in [9.17, 15) is 9.90 Å². The van der Waals surface area contributed by atoms with Gasteiger partial charge >= 0.3 is 0 Å². The van der Waals surface area contributed by atoms with Crippen molar-refractivity contribution in [1.29, 1.82) is 0 Å². The number of para-hydroxylation sites is 1. The van der Waals surface area contributed by atoms with Gasteiger partial charge in [0, 0.05) is 10.4 Å². The standard InChI is InChI=1S/C20H24N2O3S/c1-3-13-8-9-17-15(10-13)11-18(26-17)20(24)22-21-12-14-6-5-7-16(19(14)23)25-4-2/h5-7,11-13,23H,3-4,8-10H2,1-2H3,(H,22,24)/b21-12+/t13-/m1/s1. The van der Waals surface area contributed by atoms with Gasteiger partial charge in [0.15, 0.2) is 11.5 Å². The van der Waals surface area contributed by atoms with Crippen LogP contribution in [-0.4, -0.2) is 23.8 Å². The molecule has 0 bridgehead atoms. The van der Waals surface area contributed by atoms with Gasteiger partial charge in [0.25, 0.3) is 5.91 Å². The fraction of sp³-hybridized carbons (Fsp3) is 0.400. The van der Waals surface area contributed by atoms with Crippen LogP contribution in [0, 0.1) is 5.92 Å². The van der Waals surface area contributed by atoms with Gasteiger partial charge in [0.2, 0.25) is 0 Å². The van der Waals surface area contributed by atoms with Gasteiger partial charge in [-0.05, 0) is 55.9 Å². The number of thiophene rings is 1. The van der Waals surface area contributed by atoms with Crippen LogP contribution in [-0.2, 0) is 12.8 Å². The summed E-state index contributed by atoms with van der Waals surface area (Å²) >= 11 is 1.56. The molecule has 1 atom stereocenters. The Kier molecular flexibility index (Phi) is 5.93. The normalized spacial score (nSPS) is 16.5. The maximum atomic E-state index is 12.4. The second-order valence-corrected chi connectivity index (χ2v) is 7.54. The molecule has 6 heteroatoms. The van der Waals surface area contributed by atoms with Crippen molar-refractivity contribution >= 4 is 23.5 Å². The molecule has 0 saturated heterocycles. The third-order valence-electron chi connectivity index (χ3n) is 4.69. The highest BCUT2D eigenvalue weighted by atomic mass is 32.1. The molecule has 1 amide bonds. The van der Waals surface area contributed by atoms with Crippen molar-refractivity contribution in [2.75, 3.05) is 6.61 Å². The van der Waals surface area contributed by atoms with Crippen molar-refractivity contribution < 1.29 is 14.6 Å². The summed E-state index contributed by atoms with van der Waals surface area (Å²) < 4.78 is 5.34. The number of phenolic OH excluding ortho intramolecular Hbond substituents is 1. The molecule has 26 heavy (non-hydrogen) atoms. The molecule has 1 aromatic carbocycles. The summed E-state index contributed by atoms with van der Waals surface area (Å²) in [5, 5.41) is 14.1. The number of aromatic hydroxyl groups is 1. The summed E-state index contributed by atoms with van der Waals surface area (Å²) in [6, 6.07) is 7.17. The summed E-state index contributed by atoms with van der Waals surface area (Å²) in [5.74, 6) is 0.935. The van der Waals surface area contributed by atoms with Crippen LogP contribution in [0.15, 0.2) is 29.4 Å². The van der Waals surface area contributed by atoms with E-state index in [0.717, 1.165) is 18.8 Å². The highest BCUT2D eigenvalue weighted by Crippen LogP contribution is 2.33. The number of hydrazone groups is 1. The zero-order valence-electron chi connectivity index (χ0n) is 15.1. The van der Waals surface area contributed by atoms with Crippen molar-refractivity contribution in [2.45, 2.75) is 39.5 Å². The number of carbonyl (C=O) groups is 1. The molecule has 5 nitrogen and oxygen atoms in total. The fourth-order valence-electron chi connectivity index (χ4n) is 3.19. The van der Waals surface area contributed by atoms with E-state index in [1.807, 2.05) is 13.0 Å². The molecule has 0 radical (unpaired) electrons. The number of aryl methyl sites for hydroxylation is 1. The van der Waals surface area contributed by atoms with Gasteiger partial charge in [-0.25, -0.2) is 5.43 Å². The molecule has 1 aromatic heterocycles. The fourth-order valence-corrected chi connectivity index (χ4v) is 4.29. The molecule has 0 spiro atoms. The first-order valence-electron chi connectivity index (χ1n) is 9.02. The van der Waals surface area contributed by atoms with E-state index < -0.39 is 0 Å². The van der Waals surface area contributed by atoms with Crippen LogP contribution in [0.1, 0.15) is 52.4 Å². The third-order valence-corrected chi connectivity index (χ3v) is 5.92. The molecular weight excluding hydrogens is 348 g/mol. The van der Waals surface area contributed by atoms with Gasteiger partial charge in [0.1, 0.15) is 0 Å². The molecule has 138 valence electrons. The van der Waals surface area contributed by atoms with E-state index >= 15 is 0 Å². The molecule has 1 aliphatic carbocycles. The Balaban J connectivity index is 1.65. The summed E-state index contributed by atoms with van der Waals surface area (Å²) in [4.78, 5) is 14.4. The lowest BCUT2D eigenvalue weighted by Gasteiger charge is -2.19. The first-order valence-corrected chi connectivity index (χ1v) is 9.83. The van der Waals surface area contributed by atoms with E-state index in [1.165, 1.54) is 29.5 Å². The van der Waals surface area contributed by atoms with Crippen LogP contribution in [0.5, 0.6) is 11.5 Å². The summed E-state index contributed by atoms with van der Waals surface area (Å²) in [7, 11) is 0. The van der Waals surface area contributed by atoms with Crippen LogP contribution in [0.4, 0.5) is 0 Å². The second kappa shape index (κ2) is 8.36. The Morgan fingerprint density at radius 2 is 2.31 bits per heavy atom. The highest BCUT2D eigenvalue weighted by molar-refractivity contribution is 7.14. The third kappa shape index (κ3) is 4.07. The molecule has 0 fully saturated rings. The number of rotatable bonds is 6. The topological polar surface area (TPSA) is 70.9 Å². The smallest absolute Gasteiger partial charge is 0.281 e. The first-order chi connectivity index (χ1) is 12.6. The predicted molar refractivity (Wildman–Crippen MR) is 104 cm³/mol. The molecular formula is C20H24N2O3S. The number of phenols is 1. The maximum Gasteiger partial charge on any atom is 0.281 e. The summed E-state index contributed by atoms with van der Waals surface area (Å²) in [5.41, 5.74) is 4.35. The molecule has 1 heterocycles.